The van der Waals surface area contributed by atoms with Crippen molar-refractivity contribution in [1.82, 2.24) is 25.3 Å². The smallest absolute Gasteiger partial charge is 0.322 e. The van der Waals surface area contributed by atoms with Crippen LogP contribution in [0.2, 0.25) is 5.15 Å². The summed E-state index contributed by atoms with van der Waals surface area (Å²) < 4.78 is 1.71. The summed E-state index contributed by atoms with van der Waals surface area (Å²) in [5, 5.41) is 10.5. The number of hydrogen-bond acceptors (Lipinski definition) is 4. The number of amides is 3. The third-order valence-electron chi connectivity index (χ3n) is 6.02. The number of carbonyl (C=O) groups excluding carboxylic acids is 2. The lowest BCUT2D eigenvalue weighted by molar-refractivity contribution is -0.127. The molecule has 7 nitrogen and oxygen atoms in total. The second-order valence-corrected chi connectivity index (χ2v) is 8.70. The number of likely N-dealkylation sites (tertiary alicyclic amines) is 1. The summed E-state index contributed by atoms with van der Waals surface area (Å²) in [7, 11) is 1.85. The van der Waals surface area contributed by atoms with Crippen molar-refractivity contribution < 1.29 is 9.59 Å². The van der Waals surface area contributed by atoms with E-state index in [9.17, 15) is 9.59 Å². The van der Waals surface area contributed by atoms with Crippen LogP contribution in [0.25, 0.3) is 0 Å². The van der Waals surface area contributed by atoms with Crippen LogP contribution in [-0.2, 0) is 18.4 Å². The largest absolute Gasteiger partial charge is 0.323 e. The second kappa shape index (κ2) is 7.80. The van der Waals surface area contributed by atoms with E-state index in [4.69, 9.17) is 11.6 Å². The first-order chi connectivity index (χ1) is 12.7. The summed E-state index contributed by atoms with van der Waals surface area (Å²) in [6, 6.07) is -0.357. The number of aromatic nitrogens is 2. The first-order valence-corrected chi connectivity index (χ1v) is 10.1. The molecule has 2 saturated heterocycles. The van der Waals surface area contributed by atoms with Crippen LogP contribution in [0.1, 0.15) is 50.8 Å². The van der Waals surface area contributed by atoms with Gasteiger partial charge in [0.05, 0.1) is 5.69 Å². The first-order valence-electron chi connectivity index (χ1n) is 9.77. The number of piperidine rings is 1. The van der Waals surface area contributed by atoms with Crippen molar-refractivity contribution in [2.45, 2.75) is 58.5 Å². The maximum Gasteiger partial charge on any atom is 0.322 e. The van der Waals surface area contributed by atoms with Gasteiger partial charge in [0, 0.05) is 19.2 Å². The van der Waals surface area contributed by atoms with Gasteiger partial charge in [-0.2, -0.15) is 5.10 Å². The van der Waals surface area contributed by atoms with Crippen molar-refractivity contribution >= 4 is 23.5 Å². The third kappa shape index (κ3) is 3.99. The fourth-order valence-electron chi connectivity index (χ4n) is 4.35. The molecule has 1 atom stereocenters. The maximum absolute atomic E-state index is 12.6. The SMILES string of the molecule is Cc1nn(C)c(Cl)c1CN1CCC(C2(CCC(C)C)NC(=O)NC2=O)CC1. The summed E-state index contributed by atoms with van der Waals surface area (Å²) in [4.78, 5) is 26.9. The van der Waals surface area contributed by atoms with Crippen LogP contribution in [0.4, 0.5) is 4.79 Å². The van der Waals surface area contributed by atoms with E-state index in [1.165, 1.54) is 0 Å². The number of nitrogens with one attached hydrogen (secondary N) is 2. The zero-order valence-electron chi connectivity index (χ0n) is 16.6. The Morgan fingerprint density at radius 3 is 2.44 bits per heavy atom. The van der Waals surface area contributed by atoms with Gasteiger partial charge in [0.15, 0.2) is 0 Å². The Balaban J connectivity index is 1.67. The van der Waals surface area contributed by atoms with Gasteiger partial charge in [-0.3, -0.25) is 19.7 Å². The van der Waals surface area contributed by atoms with Gasteiger partial charge >= 0.3 is 6.03 Å². The van der Waals surface area contributed by atoms with Crippen LogP contribution in [0.15, 0.2) is 0 Å². The zero-order valence-corrected chi connectivity index (χ0v) is 17.4. The maximum atomic E-state index is 12.6. The molecule has 2 aliphatic heterocycles. The summed E-state index contributed by atoms with van der Waals surface area (Å²) in [6.07, 6.45) is 3.37. The summed E-state index contributed by atoms with van der Waals surface area (Å²) in [5.41, 5.74) is 1.27. The Bertz CT molecular complexity index is 724. The highest BCUT2D eigenvalue weighted by Crippen LogP contribution is 2.36. The van der Waals surface area contributed by atoms with Crippen molar-refractivity contribution in [3.8, 4) is 0 Å². The topological polar surface area (TPSA) is 79.3 Å². The fraction of sp³-hybridized carbons (Fsp3) is 0.737. The summed E-state index contributed by atoms with van der Waals surface area (Å²) in [5.74, 6) is 0.491. The Labute approximate surface area is 165 Å². The first kappa shape index (κ1) is 20.1. The lowest BCUT2D eigenvalue weighted by Crippen LogP contribution is -2.56. The molecule has 3 amide bonds. The van der Waals surface area contributed by atoms with E-state index in [2.05, 4.69) is 34.5 Å². The Hall–Kier alpha value is -1.60. The van der Waals surface area contributed by atoms with Crippen molar-refractivity contribution in [2.75, 3.05) is 13.1 Å². The van der Waals surface area contributed by atoms with Gasteiger partial charge in [0.25, 0.3) is 5.91 Å². The van der Waals surface area contributed by atoms with Crippen molar-refractivity contribution in [3.63, 3.8) is 0 Å². The Morgan fingerprint density at radius 1 is 1.30 bits per heavy atom. The number of imide groups is 1. The van der Waals surface area contributed by atoms with E-state index in [0.717, 1.165) is 50.2 Å². The molecule has 0 saturated carbocycles. The number of halogens is 1. The molecule has 1 aromatic heterocycles. The molecule has 0 spiro atoms. The van der Waals surface area contributed by atoms with Crippen LogP contribution >= 0.6 is 11.6 Å². The van der Waals surface area contributed by atoms with E-state index >= 15 is 0 Å². The standard InChI is InChI=1S/C19H30ClN5O2/c1-12(2)5-8-19(17(26)21-18(27)22-19)14-6-9-25(10-7-14)11-15-13(3)23-24(4)16(15)20/h12,14H,5-11H2,1-4H3,(H2,21,22,26,27). The third-order valence-corrected chi connectivity index (χ3v) is 6.49. The Kier molecular flexibility index (Phi) is 5.82. The van der Waals surface area contributed by atoms with Gasteiger partial charge in [-0.25, -0.2) is 4.79 Å². The average Bonchev–Trinajstić information content (AvgIpc) is 3.03. The summed E-state index contributed by atoms with van der Waals surface area (Å²) >= 11 is 6.37. The molecule has 0 bridgehead atoms. The highest BCUT2D eigenvalue weighted by atomic mass is 35.5. The predicted molar refractivity (Wildman–Crippen MR) is 104 cm³/mol. The molecule has 3 rings (SSSR count). The minimum Gasteiger partial charge on any atom is -0.323 e. The summed E-state index contributed by atoms with van der Waals surface area (Å²) in [6.45, 7) is 8.79. The van der Waals surface area contributed by atoms with Crippen molar-refractivity contribution in [2.24, 2.45) is 18.9 Å². The highest BCUT2D eigenvalue weighted by Gasteiger charge is 2.51. The number of rotatable bonds is 6. The number of carbonyl (C=O) groups is 2. The quantitative estimate of drug-likeness (QED) is 0.725. The molecule has 1 aromatic rings. The van der Waals surface area contributed by atoms with Gasteiger partial charge in [0.1, 0.15) is 10.7 Å². The second-order valence-electron chi connectivity index (χ2n) is 8.34. The molecular formula is C19H30ClN5O2. The number of nitrogens with zero attached hydrogens (tertiary/aromatic N) is 3. The molecule has 150 valence electrons. The van der Waals surface area contributed by atoms with Gasteiger partial charge in [-0.1, -0.05) is 25.4 Å². The molecule has 0 aromatic carbocycles. The van der Waals surface area contributed by atoms with Crippen LogP contribution in [-0.4, -0.2) is 45.2 Å². The van der Waals surface area contributed by atoms with E-state index in [1.807, 2.05) is 14.0 Å². The van der Waals surface area contributed by atoms with Crippen molar-refractivity contribution in [3.05, 3.63) is 16.4 Å². The van der Waals surface area contributed by atoms with Gasteiger partial charge in [0.2, 0.25) is 0 Å². The van der Waals surface area contributed by atoms with Crippen molar-refractivity contribution in [1.29, 1.82) is 0 Å². The molecule has 0 radical (unpaired) electrons. The molecule has 2 N–H and O–H groups in total. The molecule has 27 heavy (non-hydrogen) atoms. The lowest BCUT2D eigenvalue weighted by Gasteiger charge is -2.41. The number of aryl methyl sites for hydroxylation is 2. The lowest BCUT2D eigenvalue weighted by atomic mass is 9.74. The number of hydrogen-bond donors (Lipinski definition) is 2. The van der Waals surface area contributed by atoms with Gasteiger partial charge in [-0.15, -0.1) is 0 Å². The predicted octanol–water partition coefficient (Wildman–Crippen LogP) is 2.61. The monoisotopic (exact) mass is 395 g/mol. The van der Waals surface area contributed by atoms with Crippen LogP contribution in [0.5, 0.6) is 0 Å². The molecule has 3 heterocycles. The zero-order chi connectivity index (χ0) is 19.8. The minimum atomic E-state index is -0.755. The molecule has 0 aliphatic carbocycles. The van der Waals surface area contributed by atoms with E-state index < -0.39 is 5.54 Å². The van der Waals surface area contributed by atoms with Gasteiger partial charge in [-0.05, 0) is 57.5 Å². The number of urea groups is 1. The normalized spacial score (nSPS) is 24.5. The fourth-order valence-corrected chi connectivity index (χ4v) is 4.58. The van der Waals surface area contributed by atoms with Gasteiger partial charge < -0.3 is 5.32 Å². The average molecular weight is 396 g/mol. The van der Waals surface area contributed by atoms with Crippen LogP contribution in [0, 0.1) is 18.8 Å². The molecular weight excluding hydrogens is 366 g/mol. The van der Waals surface area contributed by atoms with E-state index in [0.29, 0.717) is 17.5 Å². The van der Waals surface area contributed by atoms with Crippen LogP contribution in [0.3, 0.4) is 0 Å². The molecule has 2 aliphatic rings. The molecule has 8 heteroatoms. The van der Waals surface area contributed by atoms with E-state index in [1.54, 1.807) is 4.68 Å². The molecule has 1 unspecified atom stereocenters. The minimum absolute atomic E-state index is 0.155. The van der Waals surface area contributed by atoms with E-state index in [-0.39, 0.29) is 17.9 Å². The highest BCUT2D eigenvalue weighted by molar-refractivity contribution is 6.30. The van der Waals surface area contributed by atoms with Crippen LogP contribution < -0.4 is 10.6 Å². The Morgan fingerprint density at radius 2 is 1.96 bits per heavy atom. The molecule has 2 fully saturated rings.